The normalized spacial score (nSPS) is 17.5. The lowest BCUT2D eigenvalue weighted by Crippen LogP contribution is -2.42. The van der Waals surface area contributed by atoms with Crippen LogP contribution >= 0.6 is 0 Å². The lowest BCUT2D eigenvalue weighted by atomic mass is 10.2. The summed E-state index contributed by atoms with van der Waals surface area (Å²) in [5.41, 5.74) is 0.742. The number of hydrogen-bond donors (Lipinski definition) is 1. The zero-order valence-electron chi connectivity index (χ0n) is 13.4. The van der Waals surface area contributed by atoms with Gasteiger partial charge in [0.1, 0.15) is 23.7 Å². The number of aromatic nitrogens is 4. The number of pyridine rings is 1. The third kappa shape index (κ3) is 3.41. The molecule has 0 bridgehead atoms. The summed E-state index contributed by atoms with van der Waals surface area (Å²) in [6.45, 7) is 3.36. The molecule has 1 N–H and O–H groups in total. The summed E-state index contributed by atoms with van der Waals surface area (Å²) < 4.78 is 5.71. The van der Waals surface area contributed by atoms with E-state index in [4.69, 9.17) is 10.00 Å². The average Bonchev–Trinajstić information content (AvgIpc) is 3.10. The zero-order chi connectivity index (χ0) is 16.9. The Hall–Kier alpha value is -2.79. The molecule has 0 saturated carbocycles. The number of nitrogens with zero attached hydrogens (tertiary/aromatic N) is 5. The molecule has 2 aromatic heterocycles. The number of aryl methyl sites for hydroxylation is 1. The SMILES string of the molecule is CCCc1nc([C@H]2CN(C(=O)c3ccc(C#N)cn3)CCO2)n[nH]1. The zero-order valence-corrected chi connectivity index (χ0v) is 13.4. The van der Waals surface area contributed by atoms with E-state index in [1.54, 1.807) is 17.0 Å². The van der Waals surface area contributed by atoms with Crippen molar-refractivity contribution >= 4 is 5.91 Å². The number of carbonyl (C=O) groups is 1. The summed E-state index contributed by atoms with van der Waals surface area (Å²) in [7, 11) is 0. The van der Waals surface area contributed by atoms with Crippen molar-refractivity contribution in [3.63, 3.8) is 0 Å². The molecule has 8 nitrogen and oxygen atoms in total. The van der Waals surface area contributed by atoms with Crippen LogP contribution in [-0.4, -0.2) is 50.7 Å². The molecule has 8 heteroatoms. The molecule has 0 aliphatic carbocycles. The highest BCUT2D eigenvalue weighted by Crippen LogP contribution is 2.20. The van der Waals surface area contributed by atoms with Crippen molar-refractivity contribution in [3.8, 4) is 6.07 Å². The summed E-state index contributed by atoms with van der Waals surface area (Å²) in [6.07, 6.45) is 2.87. The largest absolute Gasteiger partial charge is 0.366 e. The smallest absolute Gasteiger partial charge is 0.272 e. The highest BCUT2D eigenvalue weighted by Gasteiger charge is 2.29. The number of nitriles is 1. The molecule has 1 saturated heterocycles. The van der Waals surface area contributed by atoms with Gasteiger partial charge < -0.3 is 9.64 Å². The first-order valence-corrected chi connectivity index (χ1v) is 7.89. The molecule has 1 aliphatic rings. The molecule has 0 radical (unpaired) electrons. The van der Waals surface area contributed by atoms with Gasteiger partial charge in [-0.15, -0.1) is 0 Å². The van der Waals surface area contributed by atoms with Gasteiger partial charge in [-0.05, 0) is 18.6 Å². The quantitative estimate of drug-likeness (QED) is 0.905. The second-order valence-electron chi connectivity index (χ2n) is 5.54. The molecule has 1 aliphatic heterocycles. The predicted molar refractivity (Wildman–Crippen MR) is 83.9 cm³/mol. The molecular formula is C16H18N6O2. The van der Waals surface area contributed by atoms with Gasteiger partial charge in [0.15, 0.2) is 5.82 Å². The molecular weight excluding hydrogens is 308 g/mol. The van der Waals surface area contributed by atoms with Gasteiger partial charge in [0, 0.05) is 19.2 Å². The highest BCUT2D eigenvalue weighted by atomic mass is 16.5. The van der Waals surface area contributed by atoms with Crippen molar-refractivity contribution in [2.75, 3.05) is 19.7 Å². The van der Waals surface area contributed by atoms with Gasteiger partial charge in [-0.2, -0.15) is 10.4 Å². The van der Waals surface area contributed by atoms with Crippen molar-refractivity contribution in [1.82, 2.24) is 25.1 Å². The predicted octanol–water partition coefficient (Wildman–Crippen LogP) is 1.24. The van der Waals surface area contributed by atoms with Crippen LogP contribution in [0.5, 0.6) is 0 Å². The Kier molecular flexibility index (Phi) is 4.82. The summed E-state index contributed by atoms with van der Waals surface area (Å²) in [6, 6.07) is 5.14. The molecule has 3 heterocycles. The first-order valence-electron chi connectivity index (χ1n) is 7.89. The van der Waals surface area contributed by atoms with Crippen molar-refractivity contribution in [2.24, 2.45) is 0 Å². The monoisotopic (exact) mass is 326 g/mol. The van der Waals surface area contributed by atoms with E-state index in [2.05, 4.69) is 27.1 Å². The Bertz CT molecular complexity index is 749. The fraction of sp³-hybridized carbons (Fsp3) is 0.438. The van der Waals surface area contributed by atoms with E-state index >= 15 is 0 Å². The van der Waals surface area contributed by atoms with E-state index in [1.807, 2.05) is 6.07 Å². The molecule has 0 aromatic carbocycles. The Balaban J connectivity index is 1.69. The molecule has 24 heavy (non-hydrogen) atoms. The molecule has 1 atom stereocenters. The number of amides is 1. The van der Waals surface area contributed by atoms with E-state index in [9.17, 15) is 4.79 Å². The third-order valence-corrected chi connectivity index (χ3v) is 3.79. The Morgan fingerprint density at radius 3 is 3.12 bits per heavy atom. The molecule has 0 unspecified atom stereocenters. The molecule has 2 aromatic rings. The molecule has 3 rings (SSSR count). The maximum Gasteiger partial charge on any atom is 0.272 e. The average molecular weight is 326 g/mol. The third-order valence-electron chi connectivity index (χ3n) is 3.79. The van der Waals surface area contributed by atoms with E-state index < -0.39 is 0 Å². The Morgan fingerprint density at radius 1 is 1.54 bits per heavy atom. The van der Waals surface area contributed by atoms with E-state index in [0.29, 0.717) is 36.8 Å². The van der Waals surface area contributed by atoms with Crippen molar-refractivity contribution in [1.29, 1.82) is 5.26 Å². The first-order chi connectivity index (χ1) is 11.7. The van der Waals surface area contributed by atoms with E-state index in [-0.39, 0.29) is 12.0 Å². The summed E-state index contributed by atoms with van der Waals surface area (Å²) in [5.74, 6) is 1.22. The van der Waals surface area contributed by atoms with Crippen LogP contribution in [0.2, 0.25) is 0 Å². The number of carbonyl (C=O) groups excluding carboxylic acids is 1. The van der Waals surface area contributed by atoms with Gasteiger partial charge >= 0.3 is 0 Å². The minimum absolute atomic E-state index is 0.183. The van der Waals surface area contributed by atoms with Crippen LogP contribution in [0.25, 0.3) is 0 Å². The first kappa shape index (κ1) is 16.1. The lowest BCUT2D eigenvalue weighted by molar-refractivity contribution is -0.0268. The molecule has 1 amide bonds. The number of morpholine rings is 1. The summed E-state index contributed by atoms with van der Waals surface area (Å²) >= 11 is 0. The van der Waals surface area contributed by atoms with E-state index in [0.717, 1.165) is 18.7 Å². The van der Waals surface area contributed by atoms with Crippen LogP contribution < -0.4 is 0 Å². The van der Waals surface area contributed by atoms with Crippen LogP contribution in [0.15, 0.2) is 18.3 Å². The number of nitrogens with one attached hydrogen (secondary N) is 1. The van der Waals surface area contributed by atoms with Gasteiger partial charge in [-0.25, -0.2) is 9.97 Å². The maximum atomic E-state index is 12.6. The minimum Gasteiger partial charge on any atom is -0.366 e. The molecule has 124 valence electrons. The standard InChI is InChI=1S/C16H18N6O2/c1-2-3-14-19-15(21-20-14)13-10-22(6-7-24-13)16(23)12-5-4-11(8-17)9-18-12/h4-5,9,13H,2-3,6-7,10H2,1H3,(H,19,20,21)/t13-/m1/s1. The number of ether oxygens (including phenoxy) is 1. The number of hydrogen-bond acceptors (Lipinski definition) is 6. The minimum atomic E-state index is -0.345. The Morgan fingerprint density at radius 2 is 2.42 bits per heavy atom. The van der Waals surface area contributed by atoms with Crippen LogP contribution in [0, 0.1) is 11.3 Å². The number of H-pyrrole nitrogens is 1. The highest BCUT2D eigenvalue weighted by molar-refractivity contribution is 5.92. The number of aromatic amines is 1. The topological polar surface area (TPSA) is 108 Å². The fourth-order valence-corrected chi connectivity index (χ4v) is 2.54. The van der Waals surface area contributed by atoms with E-state index in [1.165, 1.54) is 6.20 Å². The second-order valence-corrected chi connectivity index (χ2v) is 5.54. The van der Waals surface area contributed by atoms with Gasteiger partial charge in [0.2, 0.25) is 0 Å². The van der Waals surface area contributed by atoms with Gasteiger partial charge in [-0.3, -0.25) is 9.89 Å². The maximum absolute atomic E-state index is 12.6. The van der Waals surface area contributed by atoms with Crippen molar-refractivity contribution in [2.45, 2.75) is 25.9 Å². The second kappa shape index (κ2) is 7.19. The van der Waals surface area contributed by atoms with Crippen LogP contribution in [0.4, 0.5) is 0 Å². The van der Waals surface area contributed by atoms with Gasteiger partial charge in [0.25, 0.3) is 5.91 Å². The van der Waals surface area contributed by atoms with Crippen LogP contribution in [-0.2, 0) is 11.2 Å². The molecule has 0 spiro atoms. The van der Waals surface area contributed by atoms with Crippen LogP contribution in [0.1, 0.15) is 47.1 Å². The van der Waals surface area contributed by atoms with Gasteiger partial charge in [0.05, 0.1) is 18.7 Å². The fourth-order valence-electron chi connectivity index (χ4n) is 2.54. The molecule has 1 fully saturated rings. The van der Waals surface area contributed by atoms with Gasteiger partial charge in [-0.1, -0.05) is 6.92 Å². The Labute approximate surface area is 139 Å². The lowest BCUT2D eigenvalue weighted by Gasteiger charge is -2.31. The summed E-state index contributed by atoms with van der Waals surface area (Å²) in [5, 5.41) is 15.9. The summed E-state index contributed by atoms with van der Waals surface area (Å²) in [4.78, 5) is 22.7. The van der Waals surface area contributed by atoms with Crippen LogP contribution in [0.3, 0.4) is 0 Å². The van der Waals surface area contributed by atoms with Crippen molar-refractivity contribution in [3.05, 3.63) is 41.2 Å². The number of rotatable bonds is 4. The van der Waals surface area contributed by atoms with Crippen molar-refractivity contribution < 1.29 is 9.53 Å².